The summed E-state index contributed by atoms with van der Waals surface area (Å²) in [6, 6.07) is 9.49. The number of nitrogens with one attached hydrogen (secondary N) is 1. The third kappa shape index (κ3) is 4.54. The summed E-state index contributed by atoms with van der Waals surface area (Å²) in [4.78, 5) is 27.5. The molecule has 1 saturated heterocycles. The monoisotopic (exact) mass is 291 g/mol. The summed E-state index contributed by atoms with van der Waals surface area (Å²) in [6.45, 7) is 3.52. The average Bonchev–Trinajstić information content (AvgIpc) is 2.54. The molecule has 0 unspecified atom stereocenters. The molecule has 2 amide bonds. The molecule has 21 heavy (non-hydrogen) atoms. The van der Waals surface area contributed by atoms with Crippen molar-refractivity contribution in [2.24, 2.45) is 0 Å². The third-order valence-electron chi connectivity index (χ3n) is 3.57. The Kier molecular flexibility index (Phi) is 5.71. The van der Waals surface area contributed by atoms with Gasteiger partial charge in [0.25, 0.3) is 0 Å². The molecule has 6 nitrogen and oxygen atoms in total. The Labute approximate surface area is 124 Å². The zero-order chi connectivity index (χ0) is 15.1. The topological polar surface area (TPSA) is 72.9 Å². The SMILES string of the molecule is O=C(NCc1ccccc1)C(=O)N1CCN(CCO)CC1. The normalized spacial score (nSPS) is 15.8. The largest absolute Gasteiger partial charge is 0.395 e. The van der Waals surface area contributed by atoms with Gasteiger partial charge < -0.3 is 15.3 Å². The van der Waals surface area contributed by atoms with E-state index in [0.717, 1.165) is 5.56 Å². The minimum absolute atomic E-state index is 0.117. The number of carbonyl (C=O) groups excluding carboxylic acids is 2. The van der Waals surface area contributed by atoms with E-state index in [1.807, 2.05) is 30.3 Å². The van der Waals surface area contributed by atoms with Crippen molar-refractivity contribution >= 4 is 11.8 Å². The molecule has 1 heterocycles. The highest BCUT2D eigenvalue weighted by Gasteiger charge is 2.25. The second-order valence-corrected chi connectivity index (χ2v) is 5.03. The number of rotatable bonds is 4. The number of carbonyl (C=O) groups is 2. The molecule has 2 rings (SSSR count). The number of benzene rings is 1. The highest BCUT2D eigenvalue weighted by Crippen LogP contribution is 2.02. The number of aliphatic hydroxyl groups excluding tert-OH is 1. The van der Waals surface area contributed by atoms with Crippen LogP contribution in [0.5, 0.6) is 0 Å². The molecule has 0 bridgehead atoms. The Bertz CT molecular complexity index is 470. The van der Waals surface area contributed by atoms with Gasteiger partial charge in [-0.15, -0.1) is 0 Å². The molecule has 1 aliphatic heterocycles. The van der Waals surface area contributed by atoms with Crippen LogP contribution in [0.2, 0.25) is 0 Å². The van der Waals surface area contributed by atoms with Crippen molar-refractivity contribution in [1.29, 1.82) is 0 Å². The first kappa shape index (κ1) is 15.5. The van der Waals surface area contributed by atoms with Gasteiger partial charge in [0.1, 0.15) is 0 Å². The number of piperazine rings is 1. The first-order chi connectivity index (χ1) is 10.2. The summed E-state index contributed by atoms with van der Waals surface area (Å²) in [7, 11) is 0. The Balaban J connectivity index is 1.76. The number of hydrogen-bond acceptors (Lipinski definition) is 4. The van der Waals surface area contributed by atoms with Crippen LogP contribution in [0, 0.1) is 0 Å². The molecule has 1 aromatic carbocycles. The van der Waals surface area contributed by atoms with Gasteiger partial charge in [-0.2, -0.15) is 0 Å². The van der Waals surface area contributed by atoms with Crippen LogP contribution >= 0.6 is 0 Å². The summed E-state index contributed by atoms with van der Waals surface area (Å²) in [5.74, 6) is -1.04. The summed E-state index contributed by atoms with van der Waals surface area (Å²) in [5, 5.41) is 11.5. The molecular formula is C15H21N3O3. The highest BCUT2D eigenvalue weighted by atomic mass is 16.3. The van der Waals surface area contributed by atoms with Crippen LogP contribution in [0.3, 0.4) is 0 Å². The van der Waals surface area contributed by atoms with Crippen molar-refractivity contribution in [2.45, 2.75) is 6.54 Å². The predicted octanol–water partition coefficient (Wildman–Crippen LogP) is -0.561. The van der Waals surface area contributed by atoms with Gasteiger partial charge in [0.15, 0.2) is 0 Å². The lowest BCUT2D eigenvalue weighted by atomic mass is 10.2. The molecular weight excluding hydrogens is 270 g/mol. The molecule has 2 N–H and O–H groups in total. The smallest absolute Gasteiger partial charge is 0.311 e. The number of nitrogens with zero attached hydrogens (tertiary/aromatic N) is 2. The lowest BCUT2D eigenvalue weighted by molar-refractivity contribution is -0.147. The maximum absolute atomic E-state index is 12.0. The minimum atomic E-state index is -0.561. The lowest BCUT2D eigenvalue weighted by Gasteiger charge is -2.33. The Morgan fingerprint density at radius 1 is 1.10 bits per heavy atom. The van der Waals surface area contributed by atoms with E-state index in [-0.39, 0.29) is 6.61 Å². The Morgan fingerprint density at radius 2 is 1.76 bits per heavy atom. The van der Waals surface area contributed by atoms with Gasteiger partial charge in [0, 0.05) is 39.3 Å². The maximum atomic E-state index is 12.0. The number of hydrogen-bond donors (Lipinski definition) is 2. The quantitative estimate of drug-likeness (QED) is 0.729. The second kappa shape index (κ2) is 7.75. The van der Waals surface area contributed by atoms with Gasteiger partial charge in [0.2, 0.25) is 0 Å². The van der Waals surface area contributed by atoms with Gasteiger partial charge in [-0.3, -0.25) is 14.5 Å². The third-order valence-corrected chi connectivity index (χ3v) is 3.57. The second-order valence-electron chi connectivity index (χ2n) is 5.03. The van der Waals surface area contributed by atoms with Gasteiger partial charge in [-0.25, -0.2) is 0 Å². The van der Waals surface area contributed by atoms with E-state index < -0.39 is 11.8 Å². The van der Waals surface area contributed by atoms with E-state index >= 15 is 0 Å². The Hall–Kier alpha value is -1.92. The van der Waals surface area contributed by atoms with Crippen molar-refractivity contribution < 1.29 is 14.7 Å². The summed E-state index contributed by atoms with van der Waals surface area (Å²) < 4.78 is 0. The number of β-amino-alcohol motifs (C(OH)–C–C–N with tert-alkyl or cyclic N) is 1. The van der Waals surface area contributed by atoms with E-state index in [1.54, 1.807) is 4.90 Å². The molecule has 0 atom stereocenters. The van der Waals surface area contributed by atoms with Crippen molar-refractivity contribution in [2.75, 3.05) is 39.3 Å². The zero-order valence-corrected chi connectivity index (χ0v) is 12.0. The first-order valence-electron chi connectivity index (χ1n) is 7.15. The van der Waals surface area contributed by atoms with Crippen LogP contribution in [-0.2, 0) is 16.1 Å². The van der Waals surface area contributed by atoms with E-state index in [4.69, 9.17) is 5.11 Å². The van der Waals surface area contributed by atoms with Crippen LogP contribution < -0.4 is 5.32 Å². The first-order valence-corrected chi connectivity index (χ1v) is 7.15. The van der Waals surface area contributed by atoms with Crippen molar-refractivity contribution in [3.63, 3.8) is 0 Å². The van der Waals surface area contributed by atoms with Crippen LogP contribution in [-0.4, -0.2) is 66.1 Å². The van der Waals surface area contributed by atoms with Gasteiger partial charge in [-0.05, 0) is 5.56 Å². The lowest BCUT2D eigenvalue weighted by Crippen LogP contribution is -2.52. The minimum Gasteiger partial charge on any atom is -0.395 e. The van der Waals surface area contributed by atoms with Crippen LogP contribution in [0.15, 0.2) is 30.3 Å². The molecule has 0 aromatic heterocycles. The highest BCUT2D eigenvalue weighted by molar-refractivity contribution is 6.34. The van der Waals surface area contributed by atoms with Gasteiger partial charge in [-0.1, -0.05) is 30.3 Å². The molecule has 1 aliphatic rings. The molecule has 114 valence electrons. The molecule has 0 aliphatic carbocycles. The average molecular weight is 291 g/mol. The number of amides is 2. The van der Waals surface area contributed by atoms with E-state index in [9.17, 15) is 9.59 Å². The van der Waals surface area contributed by atoms with Crippen LogP contribution in [0.25, 0.3) is 0 Å². The van der Waals surface area contributed by atoms with Gasteiger partial charge >= 0.3 is 11.8 Å². The maximum Gasteiger partial charge on any atom is 0.311 e. The van der Waals surface area contributed by atoms with E-state index in [1.165, 1.54) is 0 Å². The van der Waals surface area contributed by atoms with Crippen LogP contribution in [0.4, 0.5) is 0 Å². The van der Waals surface area contributed by atoms with Crippen LogP contribution in [0.1, 0.15) is 5.56 Å². The fourth-order valence-electron chi connectivity index (χ4n) is 2.31. The van der Waals surface area contributed by atoms with Crippen molar-refractivity contribution in [3.8, 4) is 0 Å². The van der Waals surface area contributed by atoms with Crippen molar-refractivity contribution in [3.05, 3.63) is 35.9 Å². The fraction of sp³-hybridized carbons (Fsp3) is 0.467. The zero-order valence-electron chi connectivity index (χ0n) is 12.0. The standard InChI is InChI=1S/C15H21N3O3/c19-11-10-17-6-8-18(9-7-17)15(21)14(20)16-12-13-4-2-1-3-5-13/h1-5,19H,6-12H2,(H,16,20). The molecule has 0 saturated carbocycles. The predicted molar refractivity (Wildman–Crippen MR) is 78.4 cm³/mol. The fourth-order valence-corrected chi connectivity index (χ4v) is 2.31. The summed E-state index contributed by atoms with van der Waals surface area (Å²) in [5.41, 5.74) is 0.964. The number of aliphatic hydroxyl groups is 1. The van der Waals surface area contributed by atoms with Gasteiger partial charge in [0.05, 0.1) is 6.61 Å². The molecule has 1 fully saturated rings. The summed E-state index contributed by atoms with van der Waals surface area (Å²) in [6.07, 6.45) is 0. The molecule has 1 aromatic rings. The molecule has 0 spiro atoms. The molecule has 0 radical (unpaired) electrons. The van der Waals surface area contributed by atoms with E-state index in [0.29, 0.717) is 39.3 Å². The van der Waals surface area contributed by atoms with E-state index in [2.05, 4.69) is 10.2 Å². The summed E-state index contributed by atoms with van der Waals surface area (Å²) >= 11 is 0. The van der Waals surface area contributed by atoms with Crippen molar-refractivity contribution in [1.82, 2.24) is 15.1 Å². The Morgan fingerprint density at radius 3 is 2.38 bits per heavy atom. The molecule has 6 heteroatoms.